The van der Waals surface area contributed by atoms with Crippen molar-refractivity contribution in [3.63, 3.8) is 0 Å². The van der Waals surface area contributed by atoms with Crippen LogP contribution in [0.15, 0.2) is 36.4 Å². The first-order valence-electron chi connectivity index (χ1n) is 9.57. The number of amides is 1. The van der Waals surface area contributed by atoms with Crippen LogP contribution in [0, 0.1) is 27.2 Å². The summed E-state index contributed by atoms with van der Waals surface area (Å²) in [5.41, 5.74) is 0.535. The van der Waals surface area contributed by atoms with E-state index in [0.29, 0.717) is 11.7 Å². The molecule has 0 spiro atoms. The van der Waals surface area contributed by atoms with E-state index in [1.807, 2.05) is 25.1 Å². The van der Waals surface area contributed by atoms with E-state index in [0.717, 1.165) is 46.8 Å². The van der Waals surface area contributed by atoms with Gasteiger partial charge in [0.05, 0.1) is 44.3 Å². The zero-order chi connectivity index (χ0) is 22.1. The molecule has 1 aliphatic heterocycles. The summed E-state index contributed by atoms with van der Waals surface area (Å²) in [7, 11) is 0. The van der Waals surface area contributed by atoms with Gasteiger partial charge in [0.25, 0.3) is 17.3 Å². The second-order valence-electron chi connectivity index (χ2n) is 7.22. The van der Waals surface area contributed by atoms with Gasteiger partial charge in [-0.15, -0.1) is 0 Å². The average molecular weight is 442 g/mol. The third-order valence-electron chi connectivity index (χ3n) is 5.07. The van der Waals surface area contributed by atoms with Crippen LogP contribution in [-0.4, -0.2) is 40.0 Å². The highest BCUT2D eigenvalue weighted by Gasteiger charge is 2.29. The van der Waals surface area contributed by atoms with Crippen LogP contribution in [0.2, 0.25) is 0 Å². The zero-order valence-electron chi connectivity index (χ0n) is 16.5. The molecule has 0 radical (unpaired) electrons. The molecule has 0 N–H and O–H groups in total. The number of anilines is 1. The minimum atomic E-state index is -0.755. The number of fused-ring (bicyclic) bond motifs is 1. The lowest BCUT2D eigenvalue weighted by Gasteiger charge is -2.23. The Bertz CT molecular complexity index is 1160. The third-order valence-corrected chi connectivity index (χ3v) is 6.11. The van der Waals surface area contributed by atoms with Gasteiger partial charge in [-0.25, -0.2) is 4.98 Å². The molecular weight excluding hydrogens is 424 g/mol. The molecule has 1 fully saturated rings. The number of ether oxygens (including phenoxy) is 1. The lowest BCUT2D eigenvalue weighted by Crippen LogP contribution is -2.37. The fourth-order valence-electron chi connectivity index (χ4n) is 3.52. The number of carbonyl (C=O) groups excluding carboxylic acids is 1. The van der Waals surface area contributed by atoms with Gasteiger partial charge in [-0.3, -0.25) is 29.9 Å². The summed E-state index contributed by atoms with van der Waals surface area (Å²) in [6.07, 6.45) is 1.43. The van der Waals surface area contributed by atoms with Crippen molar-refractivity contribution in [1.82, 2.24) is 4.98 Å². The minimum absolute atomic E-state index is 0.144. The van der Waals surface area contributed by atoms with Gasteiger partial charge in [-0.2, -0.15) is 0 Å². The number of carbonyl (C=O) groups is 1. The topological polar surface area (TPSA) is 129 Å². The number of non-ortho nitro benzene ring substituents is 2. The van der Waals surface area contributed by atoms with E-state index in [1.165, 1.54) is 16.2 Å². The van der Waals surface area contributed by atoms with Crippen molar-refractivity contribution in [2.45, 2.75) is 25.9 Å². The maximum atomic E-state index is 13.4. The molecule has 1 unspecified atom stereocenters. The van der Waals surface area contributed by atoms with Gasteiger partial charge in [-0.1, -0.05) is 23.5 Å². The minimum Gasteiger partial charge on any atom is -0.376 e. The molecule has 160 valence electrons. The van der Waals surface area contributed by atoms with Gasteiger partial charge < -0.3 is 4.74 Å². The van der Waals surface area contributed by atoms with Crippen LogP contribution >= 0.6 is 11.3 Å². The summed E-state index contributed by atoms with van der Waals surface area (Å²) in [6, 6.07) is 8.66. The first-order chi connectivity index (χ1) is 14.8. The van der Waals surface area contributed by atoms with E-state index in [1.54, 1.807) is 0 Å². The van der Waals surface area contributed by atoms with Crippen molar-refractivity contribution in [3.05, 3.63) is 67.8 Å². The van der Waals surface area contributed by atoms with Crippen LogP contribution in [0.5, 0.6) is 0 Å². The number of benzene rings is 2. The number of rotatable bonds is 6. The number of thiazole rings is 1. The van der Waals surface area contributed by atoms with Crippen molar-refractivity contribution in [3.8, 4) is 0 Å². The van der Waals surface area contributed by atoms with Crippen molar-refractivity contribution < 1.29 is 19.4 Å². The number of para-hydroxylation sites is 1. The molecular formula is C20H18N4O6S. The summed E-state index contributed by atoms with van der Waals surface area (Å²) in [6.45, 7) is 2.71. The quantitative estimate of drug-likeness (QED) is 0.412. The molecule has 11 heteroatoms. The molecule has 2 heterocycles. The highest BCUT2D eigenvalue weighted by molar-refractivity contribution is 7.22. The summed E-state index contributed by atoms with van der Waals surface area (Å²) < 4.78 is 6.57. The van der Waals surface area contributed by atoms with Gasteiger partial charge in [0, 0.05) is 18.7 Å². The smallest absolute Gasteiger partial charge is 0.277 e. The molecule has 1 aliphatic rings. The summed E-state index contributed by atoms with van der Waals surface area (Å²) >= 11 is 1.32. The first-order valence-corrected chi connectivity index (χ1v) is 10.4. The van der Waals surface area contributed by atoms with Crippen LogP contribution < -0.4 is 4.90 Å². The summed E-state index contributed by atoms with van der Waals surface area (Å²) in [4.78, 5) is 40.5. The molecule has 1 saturated heterocycles. The zero-order valence-corrected chi connectivity index (χ0v) is 17.3. The van der Waals surface area contributed by atoms with Gasteiger partial charge in [0.2, 0.25) is 0 Å². The van der Waals surface area contributed by atoms with Crippen molar-refractivity contribution in [2.24, 2.45) is 0 Å². The SMILES string of the molecule is Cc1cccc2sc(N(CC3CCCO3)C(=O)c3cc([N+](=O)[O-])cc([N+](=O)[O-])c3)nc12. The molecule has 4 rings (SSSR count). The molecule has 2 aromatic carbocycles. The summed E-state index contributed by atoms with van der Waals surface area (Å²) in [5.74, 6) is -0.598. The van der Waals surface area contributed by atoms with E-state index in [-0.39, 0.29) is 18.2 Å². The van der Waals surface area contributed by atoms with Gasteiger partial charge >= 0.3 is 0 Å². The largest absolute Gasteiger partial charge is 0.376 e. The highest BCUT2D eigenvalue weighted by Crippen LogP contribution is 2.33. The monoisotopic (exact) mass is 442 g/mol. The Balaban J connectivity index is 1.79. The van der Waals surface area contributed by atoms with Crippen LogP contribution in [0.4, 0.5) is 16.5 Å². The number of nitrogens with zero attached hydrogens (tertiary/aromatic N) is 4. The van der Waals surface area contributed by atoms with E-state index in [9.17, 15) is 25.0 Å². The number of nitro groups is 2. The molecule has 1 atom stereocenters. The molecule has 1 aromatic heterocycles. The molecule has 0 saturated carbocycles. The fraction of sp³-hybridized carbons (Fsp3) is 0.300. The van der Waals surface area contributed by atoms with E-state index in [4.69, 9.17) is 4.74 Å². The van der Waals surface area contributed by atoms with Crippen molar-refractivity contribution in [2.75, 3.05) is 18.1 Å². The summed E-state index contributed by atoms with van der Waals surface area (Å²) in [5, 5.41) is 22.9. The fourth-order valence-corrected chi connectivity index (χ4v) is 4.57. The Kier molecular flexibility index (Phi) is 5.61. The predicted molar refractivity (Wildman–Crippen MR) is 115 cm³/mol. The van der Waals surface area contributed by atoms with Crippen LogP contribution in [0.3, 0.4) is 0 Å². The lowest BCUT2D eigenvalue weighted by molar-refractivity contribution is -0.394. The van der Waals surface area contributed by atoms with Gasteiger partial charge in [0.15, 0.2) is 5.13 Å². The van der Waals surface area contributed by atoms with Crippen molar-refractivity contribution in [1.29, 1.82) is 0 Å². The highest BCUT2D eigenvalue weighted by atomic mass is 32.1. The Morgan fingerprint density at radius 2 is 1.94 bits per heavy atom. The maximum absolute atomic E-state index is 13.4. The maximum Gasteiger partial charge on any atom is 0.277 e. The second kappa shape index (κ2) is 8.36. The van der Waals surface area contributed by atoms with E-state index >= 15 is 0 Å². The number of hydrogen-bond donors (Lipinski definition) is 0. The number of hydrogen-bond acceptors (Lipinski definition) is 8. The number of aromatic nitrogens is 1. The Labute approximate surface area is 180 Å². The molecule has 3 aromatic rings. The Morgan fingerprint density at radius 3 is 2.52 bits per heavy atom. The third kappa shape index (κ3) is 4.23. The number of nitro benzene ring substituents is 2. The van der Waals surface area contributed by atoms with Crippen LogP contribution in [0.25, 0.3) is 10.2 Å². The normalized spacial score (nSPS) is 15.8. The molecule has 10 nitrogen and oxygen atoms in total. The standard InChI is InChI=1S/C20H18N4O6S/c1-12-4-2-6-17-18(12)21-20(31-17)22(11-16-5-3-7-30-16)19(25)13-8-14(23(26)27)10-15(9-13)24(28)29/h2,4,6,8-10,16H,3,5,7,11H2,1H3. The van der Waals surface area contributed by atoms with Crippen LogP contribution in [0.1, 0.15) is 28.8 Å². The average Bonchev–Trinajstić information content (AvgIpc) is 3.41. The molecule has 31 heavy (non-hydrogen) atoms. The molecule has 0 bridgehead atoms. The van der Waals surface area contributed by atoms with Crippen molar-refractivity contribution >= 4 is 44.0 Å². The Morgan fingerprint density at radius 1 is 1.23 bits per heavy atom. The lowest BCUT2D eigenvalue weighted by atomic mass is 10.1. The Hall–Kier alpha value is -3.44. The van der Waals surface area contributed by atoms with E-state index in [2.05, 4.69) is 4.98 Å². The molecule has 1 amide bonds. The van der Waals surface area contributed by atoms with Crippen LogP contribution in [-0.2, 0) is 4.74 Å². The first kappa shape index (κ1) is 20.8. The second-order valence-corrected chi connectivity index (χ2v) is 8.23. The predicted octanol–water partition coefficient (Wildman–Crippen LogP) is 4.25. The number of aryl methyl sites for hydroxylation is 1. The van der Waals surface area contributed by atoms with E-state index < -0.39 is 27.1 Å². The van der Waals surface area contributed by atoms with Gasteiger partial charge in [-0.05, 0) is 31.4 Å². The van der Waals surface area contributed by atoms with Gasteiger partial charge in [0.1, 0.15) is 0 Å². The molecule has 0 aliphatic carbocycles.